The van der Waals surface area contributed by atoms with Gasteiger partial charge in [0.15, 0.2) is 0 Å². The Hall–Kier alpha value is -0.910. The number of hydrogen-bond acceptors (Lipinski definition) is 4. The first-order valence-electron chi connectivity index (χ1n) is 4.74. The Bertz CT molecular complexity index is 190. The lowest BCUT2D eigenvalue weighted by Crippen LogP contribution is -2.15. The summed E-state index contributed by atoms with van der Waals surface area (Å²) in [4.78, 5) is 12.1. The average molecular weight is 219 g/mol. The number of allylic oxidation sites excluding steroid dienone is 1. The van der Waals surface area contributed by atoms with Gasteiger partial charge in [0.25, 0.3) is 0 Å². The standard InChI is InChI=1S/C6H10O3.C4H11NO/c1-2-5(3-4-7)6(8)9;1-5(2)3-4-6/h2,7H,3-4H2,1H3,(H,8,9);6H,3-4H2,1-2H3/b5-2+;. The summed E-state index contributed by atoms with van der Waals surface area (Å²) in [5, 5.41) is 24.8. The molecule has 0 saturated carbocycles. The summed E-state index contributed by atoms with van der Waals surface area (Å²) in [6, 6.07) is 0. The number of carboxylic acid groups (broad SMARTS) is 1. The van der Waals surface area contributed by atoms with Crippen molar-refractivity contribution < 1.29 is 20.1 Å². The van der Waals surface area contributed by atoms with Crippen LogP contribution in [0.15, 0.2) is 11.6 Å². The van der Waals surface area contributed by atoms with Crippen molar-refractivity contribution in [3.63, 3.8) is 0 Å². The van der Waals surface area contributed by atoms with E-state index in [1.54, 1.807) is 6.92 Å². The molecule has 0 aromatic carbocycles. The molecular formula is C10H21NO4. The number of rotatable bonds is 5. The van der Waals surface area contributed by atoms with Gasteiger partial charge in [-0.15, -0.1) is 0 Å². The lowest BCUT2D eigenvalue weighted by molar-refractivity contribution is -0.132. The Morgan fingerprint density at radius 2 is 1.80 bits per heavy atom. The van der Waals surface area contributed by atoms with E-state index in [-0.39, 0.29) is 25.2 Å². The molecule has 5 heteroatoms. The van der Waals surface area contributed by atoms with Gasteiger partial charge in [-0.3, -0.25) is 0 Å². The quantitative estimate of drug-likeness (QED) is 0.564. The lowest BCUT2D eigenvalue weighted by atomic mass is 10.2. The highest BCUT2D eigenvalue weighted by Gasteiger charge is 2.02. The van der Waals surface area contributed by atoms with E-state index in [2.05, 4.69) is 0 Å². The molecule has 0 radical (unpaired) electrons. The van der Waals surface area contributed by atoms with Crippen LogP contribution in [0, 0.1) is 0 Å². The number of aliphatic hydroxyl groups is 2. The molecule has 90 valence electrons. The van der Waals surface area contributed by atoms with Gasteiger partial charge in [-0.2, -0.15) is 0 Å². The Labute approximate surface area is 90.6 Å². The fraction of sp³-hybridized carbons (Fsp3) is 0.700. The van der Waals surface area contributed by atoms with Crippen LogP contribution in [0.25, 0.3) is 0 Å². The number of aliphatic hydroxyl groups excluding tert-OH is 2. The number of nitrogens with zero attached hydrogens (tertiary/aromatic N) is 1. The van der Waals surface area contributed by atoms with Gasteiger partial charge in [0.05, 0.1) is 6.61 Å². The highest BCUT2D eigenvalue weighted by atomic mass is 16.4. The Morgan fingerprint density at radius 1 is 1.27 bits per heavy atom. The maximum absolute atomic E-state index is 10.1. The molecular weight excluding hydrogens is 198 g/mol. The summed E-state index contributed by atoms with van der Waals surface area (Å²) < 4.78 is 0. The first-order valence-corrected chi connectivity index (χ1v) is 4.74. The van der Waals surface area contributed by atoms with Gasteiger partial charge in [0, 0.05) is 25.1 Å². The van der Waals surface area contributed by atoms with E-state index < -0.39 is 5.97 Å². The zero-order valence-corrected chi connectivity index (χ0v) is 9.60. The summed E-state index contributed by atoms with van der Waals surface area (Å²) in [6.45, 7) is 2.55. The van der Waals surface area contributed by atoms with Crippen LogP contribution in [0.3, 0.4) is 0 Å². The number of carboxylic acids is 1. The smallest absolute Gasteiger partial charge is 0.331 e. The molecule has 0 aliphatic heterocycles. The Kier molecular flexibility index (Phi) is 12.3. The molecule has 0 bridgehead atoms. The van der Waals surface area contributed by atoms with Crippen LogP contribution in [-0.4, -0.2) is 60.0 Å². The van der Waals surface area contributed by atoms with Crippen LogP contribution in [0.1, 0.15) is 13.3 Å². The van der Waals surface area contributed by atoms with E-state index in [0.29, 0.717) is 0 Å². The number of likely N-dealkylation sites (N-methyl/N-ethyl adjacent to an activating group) is 1. The number of carbonyl (C=O) groups is 1. The van der Waals surface area contributed by atoms with E-state index in [0.717, 1.165) is 6.54 Å². The minimum Gasteiger partial charge on any atom is -0.478 e. The summed E-state index contributed by atoms with van der Waals surface area (Å²) in [6.07, 6.45) is 1.71. The van der Waals surface area contributed by atoms with Crippen LogP contribution >= 0.6 is 0 Å². The van der Waals surface area contributed by atoms with E-state index in [4.69, 9.17) is 15.3 Å². The topological polar surface area (TPSA) is 81.0 Å². The van der Waals surface area contributed by atoms with Gasteiger partial charge in [-0.05, 0) is 21.0 Å². The highest BCUT2D eigenvalue weighted by Crippen LogP contribution is 1.98. The van der Waals surface area contributed by atoms with Crippen molar-refractivity contribution in [2.45, 2.75) is 13.3 Å². The molecule has 3 N–H and O–H groups in total. The van der Waals surface area contributed by atoms with Gasteiger partial charge < -0.3 is 20.2 Å². The molecule has 0 saturated heterocycles. The third-order valence-electron chi connectivity index (χ3n) is 1.55. The molecule has 0 aromatic heterocycles. The third kappa shape index (κ3) is 13.1. The summed E-state index contributed by atoms with van der Waals surface area (Å²) >= 11 is 0. The fourth-order valence-corrected chi connectivity index (χ4v) is 0.695. The lowest BCUT2D eigenvalue weighted by Gasteiger charge is -2.03. The maximum Gasteiger partial charge on any atom is 0.331 e. The minimum absolute atomic E-state index is 0.105. The largest absolute Gasteiger partial charge is 0.478 e. The van der Waals surface area contributed by atoms with E-state index in [9.17, 15) is 4.79 Å². The molecule has 0 amide bonds. The van der Waals surface area contributed by atoms with Gasteiger partial charge in [0.1, 0.15) is 0 Å². The molecule has 0 spiro atoms. The van der Waals surface area contributed by atoms with Crippen LogP contribution in [0.2, 0.25) is 0 Å². The molecule has 0 fully saturated rings. The van der Waals surface area contributed by atoms with Crippen molar-refractivity contribution in [3.8, 4) is 0 Å². The zero-order chi connectivity index (χ0) is 12.3. The van der Waals surface area contributed by atoms with Crippen molar-refractivity contribution in [1.82, 2.24) is 4.90 Å². The van der Waals surface area contributed by atoms with Gasteiger partial charge in [-0.1, -0.05) is 6.08 Å². The normalized spacial score (nSPS) is 10.9. The highest BCUT2D eigenvalue weighted by molar-refractivity contribution is 5.86. The van der Waals surface area contributed by atoms with Gasteiger partial charge in [-0.25, -0.2) is 4.79 Å². The molecule has 0 unspecified atom stereocenters. The summed E-state index contributed by atoms with van der Waals surface area (Å²) in [7, 11) is 3.85. The second-order valence-corrected chi connectivity index (χ2v) is 3.12. The second-order valence-electron chi connectivity index (χ2n) is 3.12. The Morgan fingerprint density at radius 3 is 1.87 bits per heavy atom. The van der Waals surface area contributed by atoms with Crippen LogP contribution < -0.4 is 0 Å². The van der Waals surface area contributed by atoms with E-state index >= 15 is 0 Å². The Balaban J connectivity index is 0. The molecule has 0 atom stereocenters. The average Bonchev–Trinajstić information content (AvgIpc) is 2.14. The van der Waals surface area contributed by atoms with Gasteiger partial charge >= 0.3 is 5.97 Å². The first kappa shape index (κ1) is 16.5. The predicted molar refractivity (Wildman–Crippen MR) is 58.7 cm³/mol. The maximum atomic E-state index is 10.1. The molecule has 15 heavy (non-hydrogen) atoms. The SMILES string of the molecule is C/C=C(\CCO)C(=O)O.CN(C)CCO. The molecule has 0 heterocycles. The zero-order valence-electron chi connectivity index (χ0n) is 9.60. The first-order chi connectivity index (χ1) is 6.99. The van der Waals surface area contributed by atoms with Crippen molar-refractivity contribution in [1.29, 1.82) is 0 Å². The molecule has 0 aliphatic carbocycles. The molecule has 5 nitrogen and oxygen atoms in total. The monoisotopic (exact) mass is 219 g/mol. The number of aliphatic carboxylic acids is 1. The second kappa shape index (κ2) is 11.2. The number of hydrogen-bond donors (Lipinski definition) is 3. The van der Waals surface area contributed by atoms with Crippen molar-refractivity contribution in [2.75, 3.05) is 33.9 Å². The summed E-state index contributed by atoms with van der Waals surface area (Å²) in [5.41, 5.74) is 0.262. The third-order valence-corrected chi connectivity index (χ3v) is 1.55. The molecule has 0 rings (SSSR count). The fourth-order valence-electron chi connectivity index (χ4n) is 0.695. The van der Waals surface area contributed by atoms with Crippen LogP contribution in [-0.2, 0) is 4.79 Å². The molecule has 0 aliphatic rings. The predicted octanol–water partition coefficient (Wildman–Crippen LogP) is -0.0600. The van der Waals surface area contributed by atoms with Crippen molar-refractivity contribution in [3.05, 3.63) is 11.6 Å². The van der Waals surface area contributed by atoms with Crippen LogP contribution in [0.4, 0.5) is 0 Å². The van der Waals surface area contributed by atoms with E-state index in [1.807, 2.05) is 19.0 Å². The minimum atomic E-state index is -0.952. The van der Waals surface area contributed by atoms with Crippen molar-refractivity contribution in [2.24, 2.45) is 0 Å². The van der Waals surface area contributed by atoms with E-state index in [1.165, 1.54) is 6.08 Å². The van der Waals surface area contributed by atoms with Gasteiger partial charge in [0.2, 0.25) is 0 Å². The van der Waals surface area contributed by atoms with Crippen LogP contribution in [0.5, 0.6) is 0 Å². The molecule has 0 aromatic rings. The summed E-state index contributed by atoms with van der Waals surface area (Å²) in [5.74, 6) is -0.952. The van der Waals surface area contributed by atoms with Crippen molar-refractivity contribution >= 4 is 5.97 Å².